The molecular weight excluding hydrogens is 268 g/mol. The van der Waals surface area contributed by atoms with Crippen LogP contribution < -0.4 is 4.74 Å². The third-order valence-corrected chi connectivity index (χ3v) is 2.62. The van der Waals surface area contributed by atoms with E-state index in [0.29, 0.717) is 11.8 Å². The molecule has 4 nitrogen and oxygen atoms in total. The number of carbonyl (C=O) groups is 1. The molecule has 0 saturated carbocycles. The summed E-state index contributed by atoms with van der Waals surface area (Å²) < 4.78 is 31.8. The van der Waals surface area contributed by atoms with E-state index in [-0.39, 0.29) is 23.6 Å². The molecule has 0 aliphatic carbocycles. The third kappa shape index (κ3) is 3.09. The van der Waals surface area contributed by atoms with E-state index < -0.39 is 18.2 Å². The van der Waals surface area contributed by atoms with Gasteiger partial charge in [0.05, 0.1) is 5.56 Å². The van der Waals surface area contributed by atoms with Gasteiger partial charge in [0.1, 0.15) is 24.5 Å². The van der Waals surface area contributed by atoms with Gasteiger partial charge in [-0.25, -0.2) is 13.8 Å². The van der Waals surface area contributed by atoms with E-state index in [9.17, 15) is 18.7 Å². The highest BCUT2D eigenvalue weighted by Gasteiger charge is 2.11. The molecule has 2 rings (SSSR count). The molecule has 20 heavy (non-hydrogen) atoms. The molecular formula is C14H11F2NO3. The average molecular weight is 279 g/mol. The average Bonchev–Trinajstić information content (AvgIpc) is 2.40. The first-order valence-electron chi connectivity index (χ1n) is 5.79. The molecule has 0 saturated heterocycles. The number of benzene rings is 1. The largest absolute Gasteiger partial charge is 0.503 e. The molecule has 0 amide bonds. The van der Waals surface area contributed by atoms with E-state index in [0.717, 1.165) is 12.1 Å². The number of pyridine rings is 1. The normalized spacial score (nSPS) is 10.3. The summed E-state index contributed by atoms with van der Waals surface area (Å²) in [4.78, 5) is 14.1. The van der Waals surface area contributed by atoms with Crippen molar-refractivity contribution >= 4 is 6.29 Å². The van der Waals surface area contributed by atoms with Crippen molar-refractivity contribution in [1.29, 1.82) is 0 Å². The molecule has 6 heteroatoms. The number of aromatic hydroxyl groups is 1. The molecule has 1 aromatic heterocycles. The van der Waals surface area contributed by atoms with Gasteiger partial charge < -0.3 is 14.6 Å². The van der Waals surface area contributed by atoms with Gasteiger partial charge >= 0.3 is 0 Å². The summed E-state index contributed by atoms with van der Waals surface area (Å²) in [5.74, 6) is -1.91. The third-order valence-electron chi connectivity index (χ3n) is 2.62. The quantitative estimate of drug-likeness (QED) is 0.854. The molecule has 0 unspecified atom stereocenters. The van der Waals surface area contributed by atoms with E-state index in [2.05, 4.69) is 4.98 Å². The van der Waals surface area contributed by atoms with Crippen LogP contribution in [0, 0.1) is 11.6 Å². The van der Waals surface area contributed by atoms with Gasteiger partial charge in [-0.2, -0.15) is 0 Å². The van der Waals surface area contributed by atoms with Crippen molar-refractivity contribution in [3.8, 4) is 11.6 Å². The summed E-state index contributed by atoms with van der Waals surface area (Å²) in [6.45, 7) is -0.397. The Hall–Kier alpha value is -2.50. The van der Waals surface area contributed by atoms with E-state index in [1.165, 1.54) is 18.3 Å². The Kier molecular flexibility index (Phi) is 4.24. The Morgan fingerprint density at radius 3 is 2.60 bits per heavy atom. The minimum atomic E-state index is -0.734. The van der Waals surface area contributed by atoms with Gasteiger partial charge in [-0.15, -0.1) is 0 Å². The fraction of sp³-hybridized carbons (Fsp3) is 0.143. The number of aldehydes is 1. The fourth-order valence-corrected chi connectivity index (χ4v) is 1.61. The monoisotopic (exact) mass is 279 g/mol. The number of carbonyl (C=O) groups excluding carboxylic acids is 1. The number of aromatic nitrogens is 1. The topological polar surface area (TPSA) is 59.4 Å². The molecule has 1 heterocycles. The minimum absolute atomic E-state index is 0.114. The second-order valence-electron chi connectivity index (χ2n) is 4.03. The first-order valence-corrected chi connectivity index (χ1v) is 5.79. The summed E-state index contributed by atoms with van der Waals surface area (Å²) in [7, 11) is 0. The van der Waals surface area contributed by atoms with Crippen LogP contribution in [0.1, 0.15) is 11.1 Å². The van der Waals surface area contributed by atoms with Crippen LogP contribution in [0.4, 0.5) is 8.78 Å². The maximum absolute atomic E-state index is 13.4. The van der Waals surface area contributed by atoms with Crippen molar-refractivity contribution in [2.75, 3.05) is 0 Å². The molecule has 104 valence electrons. The Morgan fingerprint density at radius 2 is 2.00 bits per heavy atom. The summed E-state index contributed by atoms with van der Waals surface area (Å²) in [6.07, 6.45) is 2.13. The lowest BCUT2D eigenvalue weighted by Crippen LogP contribution is -2.03. The van der Waals surface area contributed by atoms with E-state index in [1.807, 2.05) is 0 Å². The molecule has 0 bridgehead atoms. The zero-order valence-electron chi connectivity index (χ0n) is 10.3. The number of hydrogen-bond acceptors (Lipinski definition) is 4. The number of rotatable bonds is 5. The Morgan fingerprint density at radius 1 is 1.30 bits per heavy atom. The number of halogens is 2. The Labute approximate surface area is 113 Å². The van der Waals surface area contributed by atoms with Crippen molar-refractivity contribution < 1.29 is 23.4 Å². The Balaban J connectivity index is 2.13. The molecule has 0 aliphatic rings. The zero-order chi connectivity index (χ0) is 14.5. The van der Waals surface area contributed by atoms with Crippen molar-refractivity contribution in [2.45, 2.75) is 13.0 Å². The maximum atomic E-state index is 13.4. The Bertz CT molecular complexity index is 612. The van der Waals surface area contributed by atoms with Gasteiger partial charge in [0.15, 0.2) is 5.75 Å². The lowest BCUT2D eigenvalue weighted by atomic mass is 10.2. The number of hydrogen-bond donors (Lipinski definition) is 1. The van der Waals surface area contributed by atoms with Crippen molar-refractivity contribution in [3.63, 3.8) is 0 Å². The van der Waals surface area contributed by atoms with Gasteiger partial charge in [0, 0.05) is 12.6 Å². The van der Waals surface area contributed by atoms with Crippen LogP contribution in [-0.4, -0.2) is 16.4 Å². The van der Waals surface area contributed by atoms with Crippen LogP contribution in [0.2, 0.25) is 0 Å². The second kappa shape index (κ2) is 6.10. The standard InChI is InChI=1S/C14H11F2NO3/c15-11-2-1-3-12(16)10(11)8-20-14-13(19)6-9(4-5-18)7-17-14/h1-3,5-7,19H,4,8H2. The smallest absolute Gasteiger partial charge is 0.257 e. The van der Waals surface area contributed by atoms with Gasteiger partial charge in [-0.1, -0.05) is 6.07 Å². The highest BCUT2D eigenvalue weighted by Crippen LogP contribution is 2.25. The van der Waals surface area contributed by atoms with Crippen LogP contribution in [0.25, 0.3) is 0 Å². The van der Waals surface area contributed by atoms with Gasteiger partial charge in [-0.05, 0) is 23.8 Å². The van der Waals surface area contributed by atoms with E-state index in [1.54, 1.807) is 0 Å². The molecule has 0 aliphatic heterocycles. The van der Waals surface area contributed by atoms with Crippen molar-refractivity contribution in [2.24, 2.45) is 0 Å². The fourth-order valence-electron chi connectivity index (χ4n) is 1.61. The first-order chi connectivity index (χ1) is 9.61. The van der Waals surface area contributed by atoms with Crippen LogP contribution in [0.3, 0.4) is 0 Å². The van der Waals surface area contributed by atoms with Crippen LogP contribution >= 0.6 is 0 Å². The van der Waals surface area contributed by atoms with Crippen molar-refractivity contribution in [1.82, 2.24) is 4.98 Å². The van der Waals surface area contributed by atoms with Crippen LogP contribution in [0.5, 0.6) is 11.6 Å². The zero-order valence-corrected chi connectivity index (χ0v) is 10.3. The second-order valence-corrected chi connectivity index (χ2v) is 4.03. The molecule has 0 fully saturated rings. The summed E-state index contributed by atoms with van der Waals surface area (Å²) >= 11 is 0. The molecule has 1 N–H and O–H groups in total. The number of ether oxygens (including phenoxy) is 1. The molecule has 0 atom stereocenters. The lowest BCUT2D eigenvalue weighted by Gasteiger charge is -2.09. The number of nitrogens with zero attached hydrogens (tertiary/aromatic N) is 1. The summed E-state index contributed by atoms with van der Waals surface area (Å²) in [6, 6.07) is 4.79. The van der Waals surface area contributed by atoms with Crippen LogP contribution in [-0.2, 0) is 17.8 Å². The van der Waals surface area contributed by atoms with Crippen LogP contribution in [0.15, 0.2) is 30.5 Å². The summed E-state index contributed by atoms with van der Waals surface area (Å²) in [5.41, 5.74) is 0.271. The molecule has 0 radical (unpaired) electrons. The highest BCUT2D eigenvalue weighted by atomic mass is 19.1. The predicted octanol–water partition coefficient (Wildman–Crippen LogP) is 2.39. The van der Waals surface area contributed by atoms with Gasteiger partial charge in [0.2, 0.25) is 0 Å². The first kappa shape index (κ1) is 13.9. The van der Waals surface area contributed by atoms with E-state index in [4.69, 9.17) is 4.74 Å². The van der Waals surface area contributed by atoms with E-state index >= 15 is 0 Å². The molecule has 1 aromatic carbocycles. The highest BCUT2D eigenvalue weighted by molar-refractivity contribution is 5.55. The predicted molar refractivity (Wildman–Crippen MR) is 66.4 cm³/mol. The SMILES string of the molecule is O=CCc1cnc(OCc2c(F)cccc2F)c(O)c1. The van der Waals surface area contributed by atoms with Crippen molar-refractivity contribution in [3.05, 3.63) is 53.2 Å². The molecule has 2 aromatic rings. The molecule has 0 spiro atoms. The van der Waals surface area contributed by atoms with Gasteiger partial charge in [0.25, 0.3) is 5.88 Å². The van der Waals surface area contributed by atoms with Gasteiger partial charge in [-0.3, -0.25) is 0 Å². The summed E-state index contributed by atoms with van der Waals surface area (Å²) in [5, 5.41) is 9.64. The minimum Gasteiger partial charge on any atom is -0.503 e. The maximum Gasteiger partial charge on any atom is 0.257 e. The lowest BCUT2D eigenvalue weighted by molar-refractivity contribution is -0.107.